The molecule has 0 unspecified atom stereocenters. The predicted molar refractivity (Wildman–Crippen MR) is 101 cm³/mol. The third kappa shape index (κ3) is 4.48. The Labute approximate surface area is 153 Å². The van der Waals surface area contributed by atoms with Crippen molar-refractivity contribution in [1.82, 2.24) is 5.43 Å². The molecule has 3 rings (SSSR count). The first-order valence-electron chi connectivity index (χ1n) is 7.80. The van der Waals surface area contributed by atoms with Gasteiger partial charge in [-0.15, -0.1) is 0 Å². The van der Waals surface area contributed by atoms with Gasteiger partial charge in [-0.1, -0.05) is 15.9 Å². The predicted octanol–water partition coefficient (Wildman–Crippen LogP) is 4.75. The average Bonchev–Trinajstić information content (AvgIpc) is 2.99. The van der Waals surface area contributed by atoms with Crippen molar-refractivity contribution in [2.45, 2.75) is 20.0 Å². The minimum atomic E-state index is -0.400. The van der Waals surface area contributed by atoms with E-state index in [-0.39, 0.29) is 11.9 Å². The number of hydrogen-bond acceptors (Lipinski definition) is 4. The second kappa shape index (κ2) is 7.53. The van der Waals surface area contributed by atoms with Crippen molar-refractivity contribution >= 4 is 39.0 Å². The van der Waals surface area contributed by atoms with E-state index < -0.39 is 5.91 Å². The van der Waals surface area contributed by atoms with Gasteiger partial charge in [0.05, 0.1) is 12.3 Å². The number of nitrogens with one attached hydrogen (secondary N) is 1. The Balaban J connectivity index is 1.63. The summed E-state index contributed by atoms with van der Waals surface area (Å²) >= 11 is 3.39. The van der Waals surface area contributed by atoms with Gasteiger partial charge in [0.2, 0.25) is 0 Å². The van der Waals surface area contributed by atoms with Crippen molar-refractivity contribution in [2.75, 3.05) is 0 Å². The SMILES string of the molecule is CC(C)Oc1ccc(C=NNC(=O)c2cc3cc(Br)ccc3o2)cc1. The Bertz CT molecular complexity index is 914. The summed E-state index contributed by atoms with van der Waals surface area (Å²) in [5.74, 6) is 0.610. The van der Waals surface area contributed by atoms with E-state index in [4.69, 9.17) is 9.15 Å². The van der Waals surface area contributed by atoms with E-state index in [1.54, 1.807) is 18.3 Å². The van der Waals surface area contributed by atoms with E-state index >= 15 is 0 Å². The van der Waals surface area contributed by atoms with Crippen LogP contribution in [0.4, 0.5) is 0 Å². The minimum Gasteiger partial charge on any atom is -0.491 e. The number of fused-ring (bicyclic) bond motifs is 1. The molecule has 0 saturated carbocycles. The Morgan fingerprint density at radius 3 is 2.68 bits per heavy atom. The first-order chi connectivity index (χ1) is 12.0. The van der Waals surface area contributed by atoms with Gasteiger partial charge in [0.25, 0.3) is 0 Å². The maximum atomic E-state index is 12.1. The van der Waals surface area contributed by atoms with Crippen molar-refractivity contribution in [2.24, 2.45) is 5.10 Å². The molecular formula is C19H17BrN2O3. The molecule has 0 atom stereocenters. The van der Waals surface area contributed by atoms with E-state index in [0.29, 0.717) is 5.58 Å². The van der Waals surface area contributed by atoms with Crippen LogP contribution in [-0.2, 0) is 0 Å². The Morgan fingerprint density at radius 1 is 1.20 bits per heavy atom. The van der Waals surface area contributed by atoms with Crippen LogP contribution in [0, 0.1) is 0 Å². The molecule has 0 aliphatic rings. The number of carbonyl (C=O) groups is 1. The molecule has 3 aromatic rings. The maximum absolute atomic E-state index is 12.1. The van der Waals surface area contributed by atoms with Gasteiger partial charge < -0.3 is 9.15 Å². The van der Waals surface area contributed by atoms with Gasteiger partial charge in [-0.2, -0.15) is 5.10 Å². The maximum Gasteiger partial charge on any atom is 0.307 e. The molecule has 5 nitrogen and oxygen atoms in total. The number of carbonyl (C=O) groups excluding carboxylic acids is 1. The largest absolute Gasteiger partial charge is 0.491 e. The first kappa shape index (κ1) is 17.2. The molecule has 25 heavy (non-hydrogen) atoms. The van der Waals surface area contributed by atoms with Crippen LogP contribution in [0.3, 0.4) is 0 Å². The molecular weight excluding hydrogens is 384 g/mol. The first-order valence-corrected chi connectivity index (χ1v) is 8.60. The fourth-order valence-corrected chi connectivity index (χ4v) is 2.63. The number of ether oxygens (including phenoxy) is 1. The lowest BCUT2D eigenvalue weighted by molar-refractivity contribution is 0.0929. The van der Waals surface area contributed by atoms with Gasteiger partial charge in [-0.25, -0.2) is 5.43 Å². The monoisotopic (exact) mass is 400 g/mol. The fourth-order valence-electron chi connectivity index (χ4n) is 2.25. The molecule has 1 amide bonds. The zero-order chi connectivity index (χ0) is 17.8. The molecule has 1 heterocycles. The summed E-state index contributed by atoms with van der Waals surface area (Å²) in [7, 11) is 0. The summed E-state index contributed by atoms with van der Waals surface area (Å²) in [6.45, 7) is 3.95. The summed E-state index contributed by atoms with van der Waals surface area (Å²) in [6.07, 6.45) is 1.69. The number of halogens is 1. The highest BCUT2D eigenvalue weighted by molar-refractivity contribution is 9.10. The van der Waals surface area contributed by atoms with Crippen LogP contribution in [0.2, 0.25) is 0 Å². The van der Waals surface area contributed by atoms with E-state index in [0.717, 1.165) is 21.2 Å². The molecule has 0 fully saturated rings. The Kier molecular flexibility index (Phi) is 5.19. The highest BCUT2D eigenvalue weighted by Gasteiger charge is 2.11. The number of hydrogen-bond donors (Lipinski definition) is 1. The number of benzene rings is 2. The molecule has 0 aliphatic carbocycles. The van der Waals surface area contributed by atoms with Crippen molar-refractivity contribution in [3.05, 3.63) is 64.3 Å². The third-order valence-corrected chi connectivity index (χ3v) is 3.83. The molecule has 2 aromatic carbocycles. The lowest BCUT2D eigenvalue weighted by atomic mass is 10.2. The van der Waals surface area contributed by atoms with E-state index in [9.17, 15) is 4.79 Å². The van der Waals surface area contributed by atoms with Crippen molar-refractivity contribution in [3.8, 4) is 5.75 Å². The lowest BCUT2D eigenvalue weighted by Gasteiger charge is -2.08. The molecule has 6 heteroatoms. The van der Waals surface area contributed by atoms with Crippen LogP contribution in [0.1, 0.15) is 30.0 Å². The zero-order valence-electron chi connectivity index (χ0n) is 13.8. The summed E-state index contributed by atoms with van der Waals surface area (Å²) < 4.78 is 12.0. The van der Waals surface area contributed by atoms with Crippen LogP contribution in [-0.4, -0.2) is 18.2 Å². The van der Waals surface area contributed by atoms with E-state index in [2.05, 4.69) is 26.5 Å². The Hall–Kier alpha value is -2.60. The number of nitrogens with zero attached hydrogens (tertiary/aromatic N) is 1. The standard InChI is InChI=1S/C19H17BrN2O3/c1-12(2)24-16-6-3-13(4-7-16)11-21-22-19(23)18-10-14-9-15(20)5-8-17(14)25-18/h3-12H,1-2H3,(H,22,23). The molecule has 0 saturated heterocycles. The number of rotatable bonds is 5. The minimum absolute atomic E-state index is 0.128. The van der Waals surface area contributed by atoms with Crippen LogP contribution in [0.5, 0.6) is 5.75 Å². The normalized spacial score (nSPS) is 11.4. The van der Waals surface area contributed by atoms with Crippen molar-refractivity contribution in [1.29, 1.82) is 0 Å². The van der Waals surface area contributed by atoms with Gasteiger partial charge in [0, 0.05) is 9.86 Å². The summed E-state index contributed by atoms with van der Waals surface area (Å²) in [4.78, 5) is 12.1. The van der Waals surface area contributed by atoms with Crippen LogP contribution >= 0.6 is 15.9 Å². The summed E-state index contributed by atoms with van der Waals surface area (Å²) in [6, 6.07) is 14.7. The van der Waals surface area contributed by atoms with Gasteiger partial charge in [0.1, 0.15) is 11.3 Å². The molecule has 0 radical (unpaired) electrons. The summed E-state index contributed by atoms with van der Waals surface area (Å²) in [5.41, 5.74) is 3.97. The quantitative estimate of drug-likeness (QED) is 0.496. The molecule has 0 spiro atoms. The molecule has 128 valence electrons. The highest BCUT2D eigenvalue weighted by Crippen LogP contribution is 2.23. The van der Waals surface area contributed by atoms with Crippen LogP contribution in [0.15, 0.2) is 62.5 Å². The van der Waals surface area contributed by atoms with E-state index in [1.165, 1.54) is 0 Å². The lowest BCUT2D eigenvalue weighted by Crippen LogP contribution is -2.16. The second-order valence-corrected chi connectivity index (χ2v) is 6.64. The van der Waals surface area contributed by atoms with Gasteiger partial charge in [-0.05, 0) is 67.9 Å². The van der Waals surface area contributed by atoms with Gasteiger partial charge in [-0.3, -0.25) is 4.79 Å². The van der Waals surface area contributed by atoms with Gasteiger partial charge >= 0.3 is 5.91 Å². The van der Waals surface area contributed by atoms with Crippen molar-refractivity contribution in [3.63, 3.8) is 0 Å². The molecule has 1 N–H and O–H groups in total. The summed E-state index contributed by atoms with van der Waals surface area (Å²) in [5, 5.41) is 4.81. The third-order valence-electron chi connectivity index (χ3n) is 3.33. The second-order valence-electron chi connectivity index (χ2n) is 5.73. The fraction of sp³-hybridized carbons (Fsp3) is 0.158. The highest BCUT2D eigenvalue weighted by atomic mass is 79.9. The molecule has 1 aromatic heterocycles. The topological polar surface area (TPSA) is 63.8 Å². The smallest absolute Gasteiger partial charge is 0.307 e. The van der Waals surface area contributed by atoms with Crippen LogP contribution in [0.25, 0.3) is 11.0 Å². The average molecular weight is 401 g/mol. The number of furan rings is 1. The zero-order valence-corrected chi connectivity index (χ0v) is 15.4. The van der Waals surface area contributed by atoms with Crippen molar-refractivity contribution < 1.29 is 13.9 Å². The van der Waals surface area contributed by atoms with Gasteiger partial charge in [0.15, 0.2) is 5.76 Å². The van der Waals surface area contributed by atoms with E-state index in [1.807, 2.05) is 50.2 Å². The number of hydrazone groups is 1. The molecule has 0 aliphatic heterocycles. The van der Waals surface area contributed by atoms with Crippen LogP contribution < -0.4 is 10.2 Å². The Morgan fingerprint density at radius 2 is 1.96 bits per heavy atom. The molecule has 0 bridgehead atoms. The number of amides is 1.